The number of aryl methyl sites for hydroxylation is 1. The average molecular weight is 352 g/mol. The van der Waals surface area contributed by atoms with Crippen LogP contribution in [0.25, 0.3) is 10.9 Å². The van der Waals surface area contributed by atoms with Crippen LogP contribution in [0.3, 0.4) is 0 Å². The van der Waals surface area contributed by atoms with E-state index < -0.39 is 23.8 Å². The molecule has 0 radical (unpaired) electrons. The molecule has 26 heavy (non-hydrogen) atoms. The minimum Gasteiger partial charge on any atom is -0.449 e. The number of nitrogens with zero attached hydrogens (tertiary/aromatic N) is 1. The lowest BCUT2D eigenvalue weighted by atomic mass is 10.1. The number of hydrogen-bond donors (Lipinski definition) is 1. The van der Waals surface area contributed by atoms with Gasteiger partial charge in [-0.05, 0) is 38.1 Å². The van der Waals surface area contributed by atoms with E-state index in [1.807, 2.05) is 6.07 Å². The SMILES string of the molecule is Cc1cc(C(=O)OC(C)C(=O)Nc2ccccc2F)c2ccccc2n1. The Hall–Kier alpha value is -3.28. The van der Waals surface area contributed by atoms with Gasteiger partial charge < -0.3 is 10.1 Å². The molecule has 1 atom stereocenters. The van der Waals surface area contributed by atoms with Gasteiger partial charge in [-0.15, -0.1) is 0 Å². The Kier molecular flexibility index (Phi) is 4.93. The minimum atomic E-state index is -1.09. The van der Waals surface area contributed by atoms with Gasteiger partial charge in [0.15, 0.2) is 6.10 Å². The summed E-state index contributed by atoms with van der Waals surface area (Å²) in [6.07, 6.45) is -1.09. The fraction of sp³-hybridized carbons (Fsp3) is 0.150. The number of aromatic nitrogens is 1. The molecule has 0 spiro atoms. The van der Waals surface area contributed by atoms with Gasteiger partial charge in [-0.25, -0.2) is 9.18 Å². The third kappa shape index (κ3) is 3.69. The number of carbonyl (C=O) groups excluding carboxylic acids is 2. The van der Waals surface area contributed by atoms with Gasteiger partial charge in [0.25, 0.3) is 5.91 Å². The summed E-state index contributed by atoms with van der Waals surface area (Å²) in [6, 6.07) is 14.6. The van der Waals surface area contributed by atoms with Gasteiger partial charge in [-0.2, -0.15) is 0 Å². The van der Waals surface area contributed by atoms with Crippen LogP contribution in [-0.2, 0) is 9.53 Å². The number of halogens is 1. The largest absolute Gasteiger partial charge is 0.449 e. The smallest absolute Gasteiger partial charge is 0.339 e. The second-order valence-corrected chi connectivity index (χ2v) is 5.84. The van der Waals surface area contributed by atoms with Gasteiger partial charge in [0, 0.05) is 11.1 Å². The molecule has 1 heterocycles. The number of para-hydroxylation sites is 2. The molecule has 1 N–H and O–H groups in total. The maximum atomic E-state index is 13.6. The lowest BCUT2D eigenvalue weighted by molar-refractivity contribution is -0.123. The Balaban J connectivity index is 1.77. The van der Waals surface area contributed by atoms with Crippen LogP contribution in [0.5, 0.6) is 0 Å². The first-order chi connectivity index (χ1) is 12.5. The molecule has 6 heteroatoms. The molecule has 0 saturated heterocycles. The number of rotatable bonds is 4. The fourth-order valence-electron chi connectivity index (χ4n) is 2.55. The number of ether oxygens (including phenoxy) is 1. The van der Waals surface area contributed by atoms with E-state index in [-0.39, 0.29) is 5.69 Å². The summed E-state index contributed by atoms with van der Waals surface area (Å²) in [5, 5.41) is 3.06. The van der Waals surface area contributed by atoms with Crippen LogP contribution in [0, 0.1) is 12.7 Å². The Morgan fingerprint density at radius 2 is 1.81 bits per heavy atom. The van der Waals surface area contributed by atoms with Crippen molar-refractivity contribution < 1.29 is 18.7 Å². The van der Waals surface area contributed by atoms with Crippen molar-refractivity contribution in [2.75, 3.05) is 5.32 Å². The number of esters is 1. The summed E-state index contributed by atoms with van der Waals surface area (Å²) >= 11 is 0. The first kappa shape index (κ1) is 17.5. The normalized spacial score (nSPS) is 11.8. The fourth-order valence-corrected chi connectivity index (χ4v) is 2.55. The highest BCUT2D eigenvalue weighted by Crippen LogP contribution is 2.20. The molecule has 3 rings (SSSR count). The van der Waals surface area contributed by atoms with Gasteiger partial charge in [0.2, 0.25) is 0 Å². The van der Waals surface area contributed by atoms with E-state index in [0.717, 1.165) is 0 Å². The van der Waals surface area contributed by atoms with Crippen molar-refractivity contribution in [3.05, 3.63) is 71.7 Å². The van der Waals surface area contributed by atoms with Gasteiger partial charge in [0.05, 0.1) is 16.8 Å². The van der Waals surface area contributed by atoms with E-state index in [9.17, 15) is 14.0 Å². The number of nitrogens with one attached hydrogen (secondary N) is 1. The summed E-state index contributed by atoms with van der Waals surface area (Å²) in [6.45, 7) is 3.21. The van der Waals surface area contributed by atoms with E-state index in [2.05, 4.69) is 10.3 Å². The minimum absolute atomic E-state index is 0.0330. The van der Waals surface area contributed by atoms with Gasteiger partial charge >= 0.3 is 5.97 Å². The van der Waals surface area contributed by atoms with Crippen molar-refractivity contribution in [3.63, 3.8) is 0 Å². The van der Waals surface area contributed by atoms with Gasteiger partial charge in [-0.1, -0.05) is 30.3 Å². The molecule has 5 nitrogen and oxygen atoms in total. The lowest BCUT2D eigenvalue weighted by Crippen LogP contribution is -2.30. The maximum Gasteiger partial charge on any atom is 0.339 e. The number of amides is 1. The van der Waals surface area contributed by atoms with Crippen molar-refractivity contribution in [1.82, 2.24) is 4.98 Å². The number of fused-ring (bicyclic) bond motifs is 1. The number of pyridine rings is 1. The van der Waals surface area contributed by atoms with Crippen LogP contribution >= 0.6 is 0 Å². The standard InChI is InChI=1S/C20H17FN2O3/c1-12-11-15(14-7-3-5-9-17(14)22-12)20(25)26-13(2)19(24)23-18-10-6-4-8-16(18)21/h3-11,13H,1-2H3,(H,23,24). The van der Waals surface area contributed by atoms with E-state index in [1.165, 1.54) is 25.1 Å². The molecule has 3 aromatic rings. The predicted molar refractivity (Wildman–Crippen MR) is 96.4 cm³/mol. The summed E-state index contributed by atoms with van der Waals surface area (Å²) in [7, 11) is 0. The van der Waals surface area contributed by atoms with Crippen molar-refractivity contribution in [2.24, 2.45) is 0 Å². The van der Waals surface area contributed by atoms with Crippen LogP contribution in [-0.4, -0.2) is 23.0 Å². The first-order valence-corrected chi connectivity index (χ1v) is 8.08. The molecular weight excluding hydrogens is 335 g/mol. The van der Waals surface area contributed by atoms with E-state index in [4.69, 9.17) is 4.74 Å². The molecule has 0 bridgehead atoms. The first-order valence-electron chi connectivity index (χ1n) is 8.08. The second-order valence-electron chi connectivity index (χ2n) is 5.84. The van der Waals surface area contributed by atoms with Crippen LogP contribution in [0.2, 0.25) is 0 Å². The highest BCUT2D eigenvalue weighted by Gasteiger charge is 2.21. The number of anilines is 1. The molecule has 0 aliphatic rings. The monoisotopic (exact) mass is 352 g/mol. The third-order valence-corrected chi connectivity index (χ3v) is 3.85. The third-order valence-electron chi connectivity index (χ3n) is 3.85. The Morgan fingerprint density at radius 3 is 2.58 bits per heavy atom. The molecular formula is C20H17FN2O3. The molecule has 132 valence electrons. The molecule has 0 saturated carbocycles. The second kappa shape index (κ2) is 7.31. The Bertz CT molecular complexity index is 988. The zero-order valence-corrected chi connectivity index (χ0v) is 14.3. The van der Waals surface area contributed by atoms with Crippen molar-refractivity contribution in [2.45, 2.75) is 20.0 Å². The molecule has 1 unspecified atom stereocenters. The van der Waals surface area contributed by atoms with E-state index in [0.29, 0.717) is 22.2 Å². The summed E-state index contributed by atoms with van der Waals surface area (Å²) in [5.41, 5.74) is 1.70. The number of carbonyl (C=O) groups is 2. The molecule has 2 aromatic carbocycles. The Morgan fingerprint density at radius 1 is 1.12 bits per heavy atom. The summed E-state index contributed by atoms with van der Waals surface area (Å²) in [4.78, 5) is 29.1. The summed E-state index contributed by atoms with van der Waals surface area (Å²) in [5.74, 6) is -1.81. The van der Waals surface area contributed by atoms with E-state index >= 15 is 0 Å². The zero-order valence-electron chi connectivity index (χ0n) is 14.3. The van der Waals surface area contributed by atoms with Crippen molar-refractivity contribution in [3.8, 4) is 0 Å². The topological polar surface area (TPSA) is 68.3 Å². The predicted octanol–water partition coefficient (Wildman–Crippen LogP) is 3.87. The number of hydrogen-bond acceptors (Lipinski definition) is 4. The lowest BCUT2D eigenvalue weighted by Gasteiger charge is -2.15. The van der Waals surface area contributed by atoms with Crippen LogP contribution in [0.1, 0.15) is 23.0 Å². The highest BCUT2D eigenvalue weighted by atomic mass is 19.1. The maximum absolute atomic E-state index is 13.6. The quantitative estimate of drug-likeness (QED) is 0.724. The van der Waals surface area contributed by atoms with Crippen LogP contribution in [0.4, 0.5) is 10.1 Å². The molecule has 0 fully saturated rings. The van der Waals surface area contributed by atoms with Crippen LogP contribution < -0.4 is 5.32 Å². The van der Waals surface area contributed by atoms with Crippen molar-refractivity contribution in [1.29, 1.82) is 0 Å². The van der Waals surface area contributed by atoms with Gasteiger partial charge in [0.1, 0.15) is 5.82 Å². The Labute approximate surface area is 149 Å². The molecule has 1 aromatic heterocycles. The van der Waals surface area contributed by atoms with Gasteiger partial charge in [-0.3, -0.25) is 9.78 Å². The molecule has 1 amide bonds. The average Bonchev–Trinajstić information content (AvgIpc) is 2.62. The van der Waals surface area contributed by atoms with Crippen molar-refractivity contribution >= 4 is 28.5 Å². The molecule has 0 aliphatic carbocycles. The van der Waals surface area contributed by atoms with Crippen LogP contribution in [0.15, 0.2) is 54.6 Å². The molecule has 0 aliphatic heterocycles. The van der Waals surface area contributed by atoms with E-state index in [1.54, 1.807) is 37.3 Å². The number of benzene rings is 2. The zero-order chi connectivity index (χ0) is 18.7. The summed E-state index contributed by atoms with van der Waals surface area (Å²) < 4.78 is 18.9. The highest BCUT2D eigenvalue weighted by molar-refractivity contribution is 6.05.